The molecule has 1 N–H and O–H groups in total. The molecule has 0 unspecified atom stereocenters. The highest BCUT2D eigenvalue weighted by Crippen LogP contribution is 2.35. The standard InChI is InChI=1S/C20H15Cl2F2N3O3/c1-29-17-12(21)8-7-11(15(17)24)18-26-16(20(28)30-2)14(22)19(27-18)25-9-10-5-3-4-6-13(10)23/h3-8H,9H2,1-2H3,(H,25,26,27). The van der Waals surface area contributed by atoms with Crippen LogP contribution in [0.4, 0.5) is 14.6 Å². The first kappa shape index (κ1) is 21.7. The van der Waals surface area contributed by atoms with Crippen LogP contribution < -0.4 is 10.1 Å². The fourth-order valence-electron chi connectivity index (χ4n) is 2.63. The van der Waals surface area contributed by atoms with Gasteiger partial charge < -0.3 is 14.8 Å². The van der Waals surface area contributed by atoms with E-state index in [1.807, 2.05) is 0 Å². The third-order valence-corrected chi connectivity index (χ3v) is 4.78. The third kappa shape index (κ3) is 4.29. The molecule has 1 aromatic heterocycles. The maximum absolute atomic E-state index is 14.9. The Morgan fingerprint density at radius 1 is 1.10 bits per heavy atom. The van der Waals surface area contributed by atoms with E-state index in [-0.39, 0.29) is 45.2 Å². The number of benzene rings is 2. The summed E-state index contributed by atoms with van der Waals surface area (Å²) in [4.78, 5) is 20.4. The van der Waals surface area contributed by atoms with Gasteiger partial charge in [-0.2, -0.15) is 0 Å². The van der Waals surface area contributed by atoms with E-state index in [2.05, 4.69) is 15.3 Å². The van der Waals surface area contributed by atoms with Crippen molar-refractivity contribution in [1.29, 1.82) is 0 Å². The van der Waals surface area contributed by atoms with Gasteiger partial charge in [0.1, 0.15) is 16.7 Å². The quantitative estimate of drug-likeness (QED) is 0.521. The summed E-state index contributed by atoms with van der Waals surface area (Å²) >= 11 is 12.2. The fraction of sp³-hybridized carbons (Fsp3) is 0.150. The van der Waals surface area contributed by atoms with Gasteiger partial charge in [0.2, 0.25) is 0 Å². The zero-order valence-electron chi connectivity index (χ0n) is 15.8. The second-order valence-corrected chi connectivity index (χ2v) is 6.72. The molecule has 1 heterocycles. The zero-order valence-corrected chi connectivity index (χ0v) is 17.3. The second kappa shape index (κ2) is 9.23. The maximum atomic E-state index is 14.9. The molecule has 0 amide bonds. The minimum atomic E-state index is -0.848. The lowest BCUT2D eigenvalue weighted by molar-refractivity contribution is 0.0594. The Bertz CT molecular complexity index is 1110. The van der Waals surface area contributed by atoms with Crippen LogP contribution >= 0.6 is 23.2 Å². The third-order valence-electron chi connectivity index (χ3n) is 4.13. The van der Waals surface area contributed by atoms with E-state index >= 15 is 0 Å². The Kier molecular flexibility index (Phi) is 6.69. The van der Waals surface area contributed by atoms with E-state index in [0.29, 0.717) is 5.56 Å². The van der Waals surface area contributed by atoms with Gasteiger partial charge in [0.05, 0.1) is 24.8 Å². The molecule has 0 saturated heterocycles. The van der Waals surface area contributed by atoms with Gasteiger partial charge in [-0.05, 0) is 18.2 Å². The molecule has 0 bridgehead atoms. The van der Waals surface area contributed by atoms with Crippen LogP contribution in [-0.2, 0) is 11.3 Å². The highest BCUT2D eigenvalue weighted by atomic mass is 35.5. The Hall–Kier alpha value is -2.97. The first-order valence-corrected chi connectivity index (χ1v) is 9.28. The van der Waals surface area contributed by atoms with E-state index in [1.165, 1.54) is 25.3 Å². The Labute approximate surface area is 180 Å². The SMILES string of the molecule is COC(=O)c1nc(-c2ccc(Cl)c(OC)c2F)nc(NCc2ccccc2F)c1Cl. The number of hydrogen-bond donors (Lipinski definition) is 1. The molecule has 0 radical (unpaired) electrons. The number of halogens is 4. The first-order chi connectivity index (χ1) is 14.4. The van der Waals surface area contributed by atoms with Gasteiger partial charge in [-0.15, -0.1) is 0 Å². The lowest BCUT2D eigenvalue weighted by Gasteiger charge is -2.14. The van der Waals surface area contributed by atoms with Crippen molar-refractivity contribution < 1.29 is 23.0 Å². The van der Waals surface area contributed by atoms with Crippen molar-refractivity contribution in [3.05, 3.63) is 69.3 Å². The number of nitrogens with one attached hydrogen (secondary N) is 1. The van der Waals surface area contributed by atoms with Gasteiger partial charge in [0, 0.05) is 12.1 Å². The van der Waals surface area contributed by atoms with Crippen molar-refractivity contribution in [2.45, 2.75) is 6.54 Å². The van der Waals surface area contributed by atoms with Gasteiger partial charge in [-0.25, -0.2) is 23.5 Å². The van der Waals surface area contributed by atoms with Crippen LogP contribution in [0, 0.1) is 11.6 Å². The Balaban J connectivity index is 2.10. The van der Waals surface area contributed by atoms with Crippen molar-refractivity contribution in [2.24, 2.45) is 0 Å². The fourth-order valence-corrected chi connectivity index (χ4v) is 3.08. The largest absolute Gasteiger partial charge is 0.492 e. The van der Waals surface area contributed by atoms with Crippen LogP contribution in [0.15, 0.2) is 36.4 Å². The second-order valence-electron chi connectivity index (χ2n) is 5.94. The number of esters is 1. The van der Waals surface area contributed by atoms with Crippen LogP contribution in [0.2, 0.25) is 10.0 Å². The smallest absolute Gasteiger partial charge is 0.358 e. The van der Waals surface area contributed by atoms with Gasteiger partial charge in [-0.3, -0.25) is 0 Å². The summed E-state index contributed by atoms with van der Waals surface area (Å²) in [5, 5.41) is 2.75. The Morgan fingerprint density at radius 3 is 2.50 bits per heavy atom. The molecule has 156 valence electrons. The number of aromatic nitrogens is 2. The number of hydrogen-bond acceptors (Lipinski definition) is 6. The van der Waals surface area contributed by atoms with Crippen molar-refractivity contribution in [2.75, 3.05) is 19.5 Å². The maximum Gasteiger partial charge on any atom is 0.358 e. The zero-order chi connectivity index (χ0) is 21.8. The molecule has 10 heteroatoms. The molecule has 0 aliphatic carbocycles. The molecule has 6 nitrogen and oxygen atoms in total. The molecule has 2 aromatic carbocycles. The van der Waals surface area contributed by atoms with E-state index in [1.54, 1.807) is 18.2 Å². The highest BCUT2D eigenvalue weighted by molar-refractivity contribution is 6.35. The summed E-state index contributed by atoms with van der Waals surface area (Å²) in [5.74, 6) is -2.46. The molecule has 0 fully saturated rings. The highest BCUT2D eigenvalue weighted by Gasteiger charge is 2.23. The van der Waals surface area contributed by atoms with Crippen molar-refractivity contribution >= 4 is 35.0 Å². The minimum absolute atomic E-state index is 0.00126. The molecular formula is C20H15Cl2F2N3O3. The summed E-state index contributed by atoms with van der Waals surface area (Å²) in [7, 11) is 2.41. The van der Waals surface area contributed by atoms with E-state index < -0.39 is 17.6 Å². The molecular weight excluding hydrogens is 439 g/mol. The van der Waals surface area contributed by atoms with Crippen LogP contribution in [0.25, 0.3) is 11.4 Å². The number of methoxy groups -OCH3 is 2. The van der Waals surface area contributed by atoms with Crippen molar-refractivity contribution in [3.8, 4) is 17.1 Å². The average Bonchev–Trinajstić information content (AvgIpc) is 2.74. The van der Waals surface area contributed by atoms with Crippen LogP contribution in [0.3, 0.4) is 0 Å². The minimum Gasteiger partial charge on any atom is -0.492 e. The summed E-state index contributed by atoms with van der Waals surface area (Å²) in [5.41, 5.74) is -0.0202. The van der Waals surface area contributed by atoms with Crippen LogP contribution in [0.5, 0.6) is 5.75 Å². The molecule has 0 aliphatic rings. The lowest BCUT2D eigenvalue weighted by atomic mass is 10.1. The average molecular weight is 454 g/mol. The van der Waals surface area contributed by atoms with Crippen LogP contribution in [-0.4, -0.2) is 30.2 Å². The summed E-state index contributed by atoms with van der Waals surface area (Å²) in [6, 6.07) is 8.84. The molecule has 0 spiro atoms. The number of nitrogens with zero attached hydrogens (tertiary/aromatic N) is 2. The van der Waals surface area contributed by atoms with Crippen molar-refractivity contribution in [3.63, 3.8) is 0 Å². The van der Waals surface area contributed by atoms with E-state index in [0.717, 1.165) is 7.11 Å². The number of ether oxygens (including phenoxy) is 2. The summed E-state index contributed by atoms with van der Waals surface area (Å²) in [6.45, 7) is 0.00980. The van der Waals surface area contributed by atoms with Crippen molar-refractivity contribution in [1.82, 2.24) is 9.97 Å². The molecule has 30 heavy (non-hydrogen) atoms. The van der Waals surface area contributed by atoms with Gasteiger partial charge in [0.15, 0.2) is 23.1 Å². The Morgan fingerprint density at radius 2 is 1.83 bits per heavy atom. The molecule has 3 rings (SSSR count). The van der Waals surface area contributed by atoms with Gasteiger partial charge in [0.25, 0.3) is 0 Å². The normalized spacial score (nSPS) is 10.6. The summed E-state index contributed by atoms with van der Waals surface area (Å²) in [6.07, 6.45) is 0. The summed E-state index contributed by atoms with van der Waals surface area (Å²) < 4.78 is 38.4. The molecule has 3 aromatic rings. The number of rotatable bonds is 6. The van der Waals surface area contributed by atoms with E-state index in [9.17, 15) is 13.6 Å². The number of carbonyl (C=O) groups is 1. The first-order valence-electron chi connectivity index (χ1n) is 8.52. The number of anilines is 1. The van der Waals surface area contributed by atoms with Gasteiger partial charge >= 0.3 is 5.97 Å². The molecule has 0 aliphatic heterocycles. The van der Waals surface area contributed by atoms with Crippen LogP contribution in [0.1, 0.15) is 16.1 Å². The molecule has 0 saturated carbocycles. The monoisotopic (exact) mass is 453 g/mol. The predicted octanol–water partition coefficient (Wildman–Crippen LogP) is 5.14. The lowest BCUT2D eigenvalue weighted by Crippen LogP contribution is -2.12. The predicted molar refractivity (Wildman–Crippen MR) is 109 cm³/mol. The molecule has 0 atom stereocenters. The van der Waals surface area contributed by atoms with Gasteiger partial charge in [-0.1, -0.05) is 41.4 Å². The topological polar surface area (TPSA) is 73.3 Å². The van der Waals surface area contributed by atoms with E-state index in [4.69, 9.17) is 32.7 Å². The number of carbonyl (C=O) groups excluding carboxylic acids is 1.